The minimum absolute atomic E-state index is 0.0371. The van der Waals surface area contributed by atoms with Gasteiger partial charge < -0.3 is 10.3 Å². The molecule has 118 valence electrons. The molecule has 2 aromatic rings. The van der Waals surface area contributed by atoms with E-state index < -0.39 is 29.7 Å². The van der Waals surface area contributed by atoms with Crippen molar-refractivity contribution >= 4 is 5.91 Å². The Morgan fingerprint density at radius 1 is 1.27 bits per heavy atom. The van der Waals surface area contributed by atoms with Crippen LogP contribution in [0.15, 0.2) is 28.8 Å². The molecule has 1 atom stereocenters. The topological polar surface area (TPSA) is 82.0 Å². The largest absolute Gasteiger partial charge is 0.471 e. The molecular weight excluding hydrogens is 306 g/mol. The van der Waals surface area contributed by atoms with Gasteiger partial charge in [-0.25, -0.2) is 4.39 Å². The number of nitrogens with zero attached hydrogens (tertiary/aromatic N) is 2. The standard InChI is InChI=1S/C13H11F4N3O2/c14-8-3-1-7(2-4-8)9(11(18)21)5-6-10-19-12(22-20-10)13(15,16)17/h1-4,9H,5-6H2,(H2,18,21). The van der Waals surface area contributed by atoms with Gasteiger partial charge in [0.15, 0.2) is 5.82 Å². The molecule has 1 heterocycles. The second-order valence-corrected chi connectivity index (χ2v) is 4.56. The number of carbonyl (C=O) groups excluding carboxylic acids is 1. The third kappa shape index (κ3) is 3.80. The van der Waals surface area contributed by atoms with Gasteiger partial charge in [0.1, 0.15) is 5.82 Å². The van der Waals surface area contributed by atoms with E-state index in [4.69, 9.17) is 5.73 Å². The van der Waals surface area contributed by atoms with Crippen LogP contribution in [0.1, 0.15) is 29.6 Å². The number of amides is 1. The average molecular weight is 317 g/mol. The predicted octanol–water partition coefficient (Wildman–Crippen LogP) is 2.43. The summed E-state index contributed by atoms with van der Waals surface area (Å²) >= 11 is 0. The molecule has 0 bridgehead atoms. The highest BCUT2D eigenvalue weighted by Gasteiger charge is 2.38. The van der Waals surface area contributed by atoms with E-state index in [2.05, 4.69) is 14.7 Å². The van der Waals surface area contributed by atoms with E-state index in [-0.39, 0.29) is 18.7 Å². The Kier molecular flexibility index (Phi) is 4.43. The molecular formula is C13H11F4N3O2. The van der Waals surface area contributed by atoms with E-state index in [0.29, 0.717) is 5.56 Å². The quantitative estimate of drug-likeness (QED) is 0.859. The lowest BCUT2D eigenvalue weighted by Crippen LogP contribution is -2.22. The summed E-state index contributed by atoms with van der Waals surface area (Å²) < 4.78 is 53.9. The van der Waals surface area contributed by atoms with Gasteiger partial charge in [0, 0.05) is 6.42 Å². The van der Waals surface area contributed by atoms with Gasteiger partial charge in [-0.2, -0.15) is 18.2 Å². The number of aromatic nitrogens is 2. The van der Waals surface area contributed by atoms with Gasteiger partial charge in [0.2, 0.25) is 5.91 Å². The van der Waals surface area contributed by atoms with Crippen LogP contribution >= 0.6 is 0 Å². The summed E-state index contributed by atoms with van der Waals surface area (Å²) in [6.45, 7) is 0. The van der Waals surface area contributed by atoms with Crippen molar-refractivity contribution in [3.63, 3.8) is 0 Å². The maximum Gasteiger partial charge on any atom is 0.471 e. The molecule has 22 heavy (non-hydrogen) atoms. The summed E-state index contributed by atoms with van der Waals surface area (Å²) in [6.07, 6.45) is -4.67. The highest BCUT2D eigenvalue weighted by Crippen LogP contribution is 2.28. The van der Waals surface area contributed by atoms with Crippen LogP contribution in [-0.4, -0.2) is 16.0 Å². The van der Waals surface area contributed by atoms with Gasteiger partial charge in [-0.15, -0.1) is 0 Å². The number of carbonyl (C=O) groups is 1. The van der Waals surface area contributed by atoms with Crippen molar-refractivity contribution in [2.75, 3.05) is 0 Å². The molecule has 1 aromatic carbocycles. The Hall–Kier alpha value is -2.45. The zero-order chi connectivity index (χ0) is 16.3. The number of alkyl halides is 3. The lowest BCUT2D eigenvalue weighted by Gasteiger charge is -2.12. The molecule has 0 aliphatic rings. The second-order valence-electron chi connectivity index (χ2n) is 4.56. The zero-order valence-electron chi connectivity index (χ0n) is 11.1. The molecule has 1 aromatic heterocycles. The maximum absolute atomic E-state index is 12.9. The number of nitrogens with two attached hydrogens (primary N) is 1. The SMILES string of the molecule is NC(=O)C(CCc1noc(C(F)(F)F)n1)c1ccc(F)cc1. The van der Waals surface area contributed by atoms with Crippen LogP contribution in [0.4, 0.5) is 17.6 Å². The highest BCUT2D eigenvalue weighted by atomic mass is 19.4. The van der Waals surface area contributed by atoms with E-state index in [1.807, 2.05) is 0 Å². The molecule has 0 aliphatic heterocycles. The molecule has 0 aliphatic carbocycles. The van der Waals surface area contributed by atoms with E-state index >= 15 is 0 Å². The fourth-order valence-electron chi connectivity index (χ4n) is 1.91. The van der Waals surface area contributed by atoms with Gasteiger partial charge in [-0.3, -0.25) is 4.79 Å². The molecule has 9 heteroatoms. The third-order valence-electron chi connectivity index (χ3n) is 2.98. The first kappa shape index (κ1) is 15.9. The molecule has 1 unspecified atom stereocenters. The summed E-state index contributed by atoms with van der Waals surface area (Å²) in [5.74, 6) is -3.56. The summed E-state index contributed by atoms with van der Waals surface area (Å²) in [4.78, 5) is 14.7. The molecule has 1 amide bonds. The van der Waals surface area contributed by atoms with Gasteiger partial charge in [0.05, 0.1) is 5.92 Å². The molecule has 0 fully saturated rings. The molecule has 0 spiro atoms. The molecule has 0 radical (unpaired) electrons. The number of halogens is 4. The van der Waals surface area contributed by atoms with Crippen molar-refractivity contribution in [2.45, 2.75) is 24.9 Å². The van der Waals surface area contributed by atoms with Crippen molar-refractivity contribution < 1.29 is 26.9 Å². The molecule has 2 N–H and O–H groups in total. The van der Waals surface area contributed by atoms with E-state index in [0.717, 1.165) is 0 Å². The number of primary amides is 1. The van der Waals surface area contributed by atoms with Crippen LogP contribution in [0.3, 0.4) is 0 Å². The third-order valence-corrected chi connectivity index (χ3v) is 2.98. The van der Waals surface area contributed by atoms with Crippen LogP contribution in [0.2, 0.25) is 0 Å². The summed E-state index contributed by atoms with van der Waals surface area (Å²) in [7, 11) is 0. The maximum atomic E-state index is 12.9. The molecule has 0 saturated heterocycles. The van der Waals surface area contributed by atoms with Crippen LogP contribution in [0.25, 0.3) is 0 Å². The van der Waals surface area contributed by atoms with Gasteiger partial charge in [0.25, 0.3) is 0 Å². The Morgan fingerprint density at radius 2 is 1.91 bits per heavy atom. The predicted molar refractivity (Wildman–Crippen MR) is 66.0 cm³/mol. The fourth-order valence-corrected chi connectivity index (χ4v) is 1.91. The van der Waals surface area contributed by atoms with Crippen LogP contribution in [0.5, 0.6) is 0 Å². The van der Waals surface area contributed by atoms with E-state index in [9.17, 15) is 22.4 Å². The van der Waals surface area contributed by atoms with E-state index in [1.54, 1.807) is 0 Å². The first-order valence-electron chi connectivity index (χ1n) is 6.22. The van der Waals surface area contributed by atoms with Gasteiger partial charge in [-0.1, -0.05) is 17.3 Å². The number of benzene rings is 1. The average Bonchev–Trinajstić information content (AvgIpc) is 2.89. The Bertz CT molecular complexity index is 652. The van der Waals surface area contributed by atoms with Crippen molar-refractivity contribution in [1.29, 1.82) is 0 Å². The minimum Gasteiger partial charge on any atom is -0.369 e. The number of rotatable bonds is 5. The monoisotopic (exact) mass is 317 g/mol. The van der Waals surface area contributed by atoms with Crippen molar-refractivity contribution in [3.8, 4) is 0 Å². The van der Waals surface area contributed by atoms with Crippen molar-refractivity contribution in [3.05, 3.63) is 47.4 Å². The molecule has 2 rings (SSSR count). The first-order chi connectivity index (χ1) is 10.3. The highest BCUT2D eigenvalue weighted by molar-refractivity contribution is 5.81. The lowest BCUT2D eigenvalue weighted by atomic mass is 9.93. The number of hydrogen-bond acceptors (Lipinski definition) is 4. The number of aryl methyl sites for hydroxylation is 1. The fraction of sp³-hybridized carbons (Fsp3) is 0.308. The first-order valence-corrected chi connectivity index (χ1v) is 6.22. The smallest absolute Gasteiger partial charge is 0.369 e. The number of hydrogen-bond donors (Lipinski definition) is 1. The zero-order valence-corrected chi connectivity index (χ0v) is 11.1. The summed E-state index contributed by atoms with van der Waals surface area (Å²) in [6, 6.07) is 5.12. The molecule has 5 nitrogen and oxygen atoms in total. The van der Waals surface area contributed by atoms with Crippen LogP contribution in [-0.2, 0) is 17.4 Å². The summed E-state index contributed by atoms with van der Waals surface area (Å²) in [5.41, 5.74) is 5.73. The second kappa shape index (κ2) is 6.12. The van der Waals surface area contributed by atoms with Crippen molar-refractivity contribution in [1.82, 2.24) is 10.1 Å². The lowest BCUT2D eigenvalue weighted by molar-refractivity contribution is -0.159. The Morgan fingerprint density at radius 3 is 2.41 bits per heavy atom. The normalized spacial score (nSPS) is 13.1. The van der Waals surface area contributed by atoms with Crippen molar-refractivity contribution in [2.24, 2.45) is 5.73 Å². The summed E-state index contributed by atoms with van der Waals surface area (Å²) in [5, 5.41) is 3.20. The minimum atomic E-state index is -4.72. The van der Waals surface area contributed by atoms with Crippen LogP contribution < -0.4 is 5.73 Å². The molecule has 0 saturated carbocycles. The van der Waals surface area contributed by atoms with Crippen LogP contribution in [0, 0.1) is 5.82 Å². The van der Waals surface area contributed by atoms with Gasteiger partial charge >= 0.3 is 12.1 Å². The Labute approximate surface area is 122 Å². The van der Waals surface area contributed by atoms with Gasteiger partial charge in [-0.05, 0) is 24.1 Å². The Balaban J connectivity index is 2.08. The van der Waals surface area contributed by atoms with E-state index in [1.165, 1.54) is 24.3 Å².